The minimum atomic E-state index is -3.31. The molecule has 10 aliphatic rings. The fraction of sp³-hybridized carbons (Fsp3) is 0.924. The van der Waals surface area contributed by atoms with Crippen molar-refractivity contribution in [1.82, 2.24) is 21.3 Å². The number of nitrogens with one attached hydrogen (secondary N) is 4. The Balaban J connectivity index is 0.836. The molecule has 52 atom stereocenters. The molecule has 10 aliphatic heterocycles. The van der Waals surface area contributed by atoms with E-state index in [4.69, 9.17) is 94.7 Å². The highest BCUT2D eigenvalue weighted by Gasteiger charge is 2.66. The van der Waals surface area contributed by atoms with Gasteiger partial charge in [0.15, 0.2) is 50.3 Å². The van der Waals surface area contributed by atoms with Crippen LogP contribution in [0.4, 0.5) is 0 Å². The standard InChI is InChI=1S/C79H132N4O56/c1-22-42(100)50(108)52(110)72(122-22)132-62-40(82-26(5)94)68(128-36(20-90)58(62)130-74-56(114)66(48(106)34(18-88)126-74)138-78(76(116)117)12-28(96)38(80-24(3)92)60(136-78)44(102)30(98)14-84)134-64-46(104)32(16-86)124-70(54(64)112)120-10-8-7-9-11-121-71-55(113)65(47(105)33(17-87)125-71)135-69-41(83-27(6)95)63(133-73-53(111)51(109)43(101)23(2)123-73)59(37(21-91)129-69)131-75-57(115)67(49(107)35(19-89)127-75)139-79(77(118)119)13-29(97)39(81-25(4)93)61(137-79)45(103)31(99)15-85/h22-23,28-75,84-91,96-115H,7-21H2,1-6H3,(H,80,92)(H,81,93)(H,82,94)(H,83,95)(H,116,117)(H,118,119)/t22-,23-,28-,29-,30+,31+,32+,33+,34+,35+,36+,37+,38+,39+,40+,41+,42+,43+,44+,45+,46-,47-,48-,49-,50+,51+,52-,53-,54+,55+,56+,57+,58+,59+,60+,61+,62+,63+,64-,65-,66-,67-,68-,69-,70+,71+,72-,73-,74-,75-,78-,79-/m0/s1. The molecule has 4 amide bonds. The van der Waals surface area contributed by atoms with E-state index in [1.165, 1.54) is 13.8 Å². The number of hydrogen-bond donors (Lipinski definition) is 34. The number of unbranched alkanes of at least 4 members (excludes halogenated alkanes) is 2. The summed E-state index contributed by atoms with van der Waals surface area (Å²) in [4.78, 5) is 78.2. The minimum absolute atomic E-state index is 0.0112. The van der Waals surface area contributed by atoms with Crippen LogP contribution in [0.2, 0.25) is 0 Å². The first-order valence-corrected chi connectivity index (χ1v) is 44.7. The summed E-state index contributed by atoms with van der Waals surface area (Å²) in [5.74, 6) is -14.7. The highest BCUT2D eigenvalue weighted by atomic mass is 16.8. The van der Waals surface area contributed by atoms with Crippen molar-refractivity contribution in [2.45, 2.75) is 392 Å². The fourth-order valence-electron chi connectivity index (χ4n) is 18.0. The van der Waals surface area contributed by atoms with Gasteiger partial charge >= 0.3 is 11.9 Å². The molecule has 0 aromatic rings. The largest absolute Gasteiger partial charge is 0.477 e. The van der Waals surface area contributed by atoms with E-state index in [0.717, 1.165) is 27.7 Å². The van der Waals surface area contributed by atoms with Gasteiger partial charge in [0.25, 0.3) is 11.6 Å². The maximum absolute atomic E-state index is 13.5. The van der Waals surface area contributed by atoms with Crippen LogP contribution in [-0.2, 0) is 124 Å². The Bertz CT molecular complexity index is 3640. The maximum atomic E-state index is 13.5. The van der Waals surface area contributed by atoms with Gasteiger partial charge in [-0.15, -0.1) is 0 Å². The zero-order chi connectivity index (χ0) is 103. The third-order valence-electron chi connectivity index (χ3n) is 25.4. The molecule has 0 saturated carbocycles. The lowest BCUT2D eigenvalue weighted by Crippen LogP contribution is -2.72. The highest BCUT2D eigenvalue weighted by Crippen LogP contribution is 2.45. The highest BCUT2D eigenvalue weighted by molar-refractivity contribution is 5.78. The second-order valence-electron chi connectivity index (χ2n) is 35.4. The lowest BCUT2D eigenvalue weighted by molar-refractivity contribution is -0.397. The Kier molecular flexibility index (Phi) is 42.1. The molecular weight excluding hydrogens is 1900 g/mol. The molecule has 804 valence electrons. The topological polar surface area (TPSA) is 942 Å². The number of rotatable bonds is 42. The van der Waals surface area contributed by atoms with Crippen molar-refractivity contribution >= 4 is 35.6 Å². The van der Waals surface area contributed by atoms with Gasteiger partial charge in [-0.25, -0.2) is 9.59 Å². The van der Waals surface area contributed by atoms with Gasteiger partial charge in [-0.05, 0) is 33.1 Å². The number of hydrogen-bond acceptors (Lipinski definition) is 54. The van der Waals surface area contributed by atoms with Crippen molar-refractivity contribution in [3.05, 3.63) is 0 Å². The van der Waals surface area contributed by atoms with Gasteiger partial charge in [0.1, 0.15) is 220 Å². The molecule has 0 unspecified atom stereocenters. The van der Waals surface area contributed by atoms with Gasteiger partial charge in [0, 0.05) is 53.8 Å². The average Bonchev–Trinajstić information content (AvgIpc) is 0.735. The lowest BCUT2D eigenvalue weighted by atomic mass is 9.88. The van der Waals surface area contributed by atoms with Crippen LogP contribution in [0.5, 0.6) is 0 Å². The lowest BCUT2D eigenvalue weighted by Gasteiger charge is -2.52. The first-order chi connectivity index (χ1) is 65.5. The summed E-state index contributed by atoms with van der Waals surface area (Å²) in [6.45, 7) is -3.93. The second kappa shape index (κ2) is 50.5. The van der Waals surface area contributed by atoms with Crippen LogP contribution < -0.4 is 21.3 Å². The van der Waals surface area contributed by atoms with E-state index < -0.39 is 419 Å². The summed E-state index contributed by atoms with van der Waals surface area (Å²) in [6.07, 6.45) is -98.8. The maximum Gasteiger partial charge on any atom is 0.364 e. The summed E-state index contributed by atoms with van der Waals surface area (Å²) < 4.78 is 119. The number of aliphatic hydroxyl groups is 28. The van der Waals surface area contributed by atoms with Crippen molar-refractivity contribution in [1.29, 1.82) is 0 Å². The molecular formula is C79H132N4O56. The second-order valence-corrected chi connectivity index (χ2v) is 35.4. The third kappa shape index (κ3) is 26.2. The Labute approximate surface area is 788 Å². The predicted molar refractivity (Wildman–Crippen MR) is 432 cm³/mol. The molecule has 0 aliphatic carbocycles. The van der Waals surface area contributed by atoms with E-state index >= 15 is 0 Å². The van der Waals surface area contributed by atoms with E-state index in [0.29, 0.717) is 0 Å². The van der Waals surface area contributed by atoms with Gasteiger partial charge < -0.3 is 269 Å². The smallest absolute Gasteiger partial charge is 0.364 e. The minimum Gasteiger partial charge on any atom is -0.477 e. The fourth-order valence-corrected chi connectivity index (χ4v) is 18.0. The zero-order valence-corrected chi connectivity index (χ0v) is 75.5. The molecule has 0 bridgehead atoms. The number of aliphatic hydroxyl groups excluding tert-OH is 28. The van der Waals surface area contributed by atoms with Crippen molar-refractivity contribution < 1.29 is 277 Å². The third-order valence-corrected chi connectivity index (χ3v) is 25.4. The summed E-state index contributed by atoms with van der Waals surface area (Å²) in [7, 11) is 0. The van der Waals surface area contributed by atoms with Crippen LogP contribution in [0, 0.1) is 0 Å². The number of ether oxygens (including phenoxy) is 20. The summed E-state index contributed by atoms with van der Waals surface area (Å²) in [5, 5.41) is 343. The van der Waals surface area contributed by atoms with Crippen molar-refractivity contribution in [3.63, 3.8) is 0 Å². The molecule has 0 aromatic heterocycles. The molecule has 10 fully saturated rings. The van der Waals surface area contributed by atoms with E-state index in [-0.39, 0.29) is 32.5 Å². The van der Waals surface area contributed by atoms with E-state index in [2.05, 4.69) is 21.3 Å². The summed E-state index contributed by atoms with van der Waals surface area (Å²) in [5.41, 5.74) is 0. The molecule has 0 spiro atoms. The SMILES string of the molecule is CC(=O)N[C@H]1[C@H](O[C@H]2[C@@H](O)[C@@H](CO)O[C@@H](OCCCCCO[C@@H]3O[C@H](CO)[C@H](O)[C@H](O[C@@H]4O[C@H](CO)[C@@H](O[C@@H]5O[C@H](CO)[C@H](O)[C@H](O[C@]6(C(=O)O)C[C@H](O)[C@@H](NC(C)=O)[C@H]([C@H](O)[C@H](O)CO)O6)[C@H]5O)[C@H](O[C@@H]5O[C@@H](C)[C@@H](O)[C@@H](O)[C@@H]5O)[C@H]4NC(C)=O)[C@H]3O)[C@@H]2O)O[C@H](CO)[C@@H](O[C@@H]2O[C@H](CO)[C@H](O)[C@H](O[C@]3(C(=O)O)C[C@H](O)[C@@H](NC(C)=O)[C@H]([C@H](O)[C@H](O)CO)O3)[C@H]2O)[C@@H]1O[C@@H]1O[C@@H](C)[C@@H](O)[C@@H](O)[C@@H]1O. The molecule has 0 aromatic carbocycles. The van der Waals surface area contributed by atoms with Crippen LogP contribution in [0.15, 0.2) is 0 Å². The molecule has 10 saturated heterocycles. The predicted octanol–water partition coefficient (Wildman–Crippen LogP) is -20.6. The number of carbonyl (C=O) groups excluding carboxylic acids is 4. The number of carboxylic acids is 2. The van der Waals surface area contributed by atoms with Crippen molar-refractivity contribution in [2.24, 2.45) is 0 Å². The molecule has 10 rings (SSSR count). The summed E-state index contributed by atoms with van der Waals surface area (Å²) in [6, 6.07) is -7.48. The van der Waals surface area contributed by atoms with Crippen LogP contribution in [-0.4, -0.2) is 573 Å². The monoisotopic (exact) mass is 2030 g/mol. The molecule has 10 heterocycles. The van der Waals surface area contributed by atoms with E-state index in [1.807, 2.05) is 0 Å². The number of aliphatic carboxylic acids is 2. The Morgan fingerprint density at radius 2 is 0.576 bits per heavy atom. The van der Waals surface area contributed by atoms with Crippen molar-refractivity contribution in [2.75, 3.05) is 66.1 Å². The van der Waals surface area contributed by atoms with Gasteiger partial charge in [-0.1, -0.05) is 0 Å². The first kappa shape index (κ1) is 116. The van der Waals surface area contributed by atoms with Crippen LogP contribution in [0.1, 0.15) is 73.6 Å². The van der Waals surface area contributed by atoms with Crippen LogP contribution in [0.3, 0.4) is 0 Å². The first-order valence-electron chi connectivity index (χ1n) is 44.7. The Morgan fingerprint density at radius 3 is 0.871 bits per heavy atom. The van der Waals surface area contributed by atoms with Gasteiger partial charge in [0.2, 0.25) is 23.6 Å². The number of amides is 4. The van der Waals surface area contributed by atoms with Crippen LogP contribution in [0.25, 0.3) is 0 Å². The number of carbonyl (C=O) groups is 6. The van der Waals surface area contributed by atoms with Crippen molar-refractivity contribution in [3.8, 4) is 0 Å². The number of carboxylic acid groups (broad SMARTS) is 2. The molecule has 0 radical (unpaired) electrons. The van der Waals surface area contributed by atoms with Gasteiger partial charge in [-0.2, -0.15) is 0 Å². The van der Waals surface area contributed by atoms with E-state index in [9.17, 15) is 182 Å². The van der Waals surface area contributed by atoms with Crippen LogP contribution >= 0.6 is 0 Å². The zero-order valence-electron chi connectivity index (χ0n) is 75.5. The Hall–Kier alpha value is -5.10. The molecule has 60 nitrogen and oxygen atoms in total. The normalized spacial score (nSPS) is 46.0. The van der Waals surface area contributed by atoms with E-state index in [1.54, 1.807) is 0 Å². The Morgan fingerprint density at radius 1 is 0.309 bits per heavy atom. The average molecular weight is 2030 g/mol. The summed E-state index contributed by atoms with van der Waals surface area (Å²) >= 11 is 0. The molecule has 139 heavy (non-hydrogen) atoms. The quantitative estimate of drug-likeness (QED) is 0.0252. The van der Waals surface area contributed by atoms with Gasteiger partial charge in [-0.3, -0.25) is 19.2 Å². The molecule has 34 N–H and O–H groups in total. The van der Waals surface area contributed by atoms with Gasteiger partial charge in [0.05, 0.1) is 89.4 Å². The molecule has 60 heteroatoms.